The van der Waals surface area contributed by atoms with Crippen molar-refractivity contribution in [2.75, 3.05) is 11.1 Å². The highest BCUT2D eigenvalue weighted by atomic mass is 35.5. The number of aromatic nitrogens is 3. The zero-order chi connectivity index (χ0) is 17.1. The average molecular weight is 363 g/mol. The number of anilines is 1. The summed E-state index contributed by atoms with van der Waals surface area (Å²) in [6, 6.07) is 8.82. The lowest BCUT2D eigenvalue weighted by Crippen LogP contribution is -2.14. The number of halogens is 1. The number of nitrogens with one attached hydrogen (secondary N) is 1. The fourth-order valence-electron chi connectivity index (χ4n) is 2.15. The number of rotatable bonds is 5. The molecule has 0 aliphatic carbocycles. The van der Waals surface area contributed by atoms with Crippen molar-refractivity contribution in [1.82, 2.24) is 14.8 Å². The first-order valence-corrected chi connectivity index (χ1v) is 8.53. The molecule has 2 heterocycles. The van der Waals surface area contributed by atoms with E-state index >= 15 is 0 Å². The van der Waals surface area contributed by atoms with Crippen LogP contribution in [-0.4, -0.2) is 26.4 Å². The van der Waals surface area contributed by atoms with E-state index in [9.17, 15) is 4.79 Å². The first kappa shape index (κ1) is 16.6. The van der Waals surface area contributed by atoms with Crippen LogP contribution in [0.3, 0.4) is 0 Å². The SMILES string of the molecule is Cc1occc1-c1nnc(SCC(=O)Nc2ccc(Cl)cc2)n1C. The van der Waals surface area contributed by atoms with E-state index in [1.54, 1.807) is 30.5 Å². The van der Waals surface area contributed by atoms with E-state index in [4.69, 9.17) is 16.0 Å². The molecule has 1 N–H and O–H groups in total. The average Bonchev–Trinajstić information content (AvgIpc) is 3.13. The molecule has 0 radical (unpaired) electrons. The van der Waals surface area contributed by atoms with Crippen molar-refractivity contribution in [3.05, 3.63) is 47.4 Å². The van der Waals surface area contributed by atoms with E-state index in [-0.39, 0.29) is 11.7 Å². The summed E-state index contributed by atoms with van der Waals surface area (Å²) in [6.45, 7) is 1.87. The number of hydrogen-bond donors (Lipinski definition) is 1. The smallest absolute Gasteiger partial charge is 0.234 e. The van der Waals surface area contributed by atoms with Gasteiger partial charge in [0.05, 0.1) is 17.6 Å². The van der Waals surface area contributed by atoms with Crippen molar-refractivity contribution in [3.8, 4) is 11.4 Å². The molecule has 8 heteroatoms. The van der Waals surface area contributed by atoms with Crippen LogP contribution in [0.2, 0.25) is 5.02 Å². The number of carbonyl (C=O) groups excluding carboxylic acids is 1. The molecule has 0 bridgehead atoms. The van der Waals surface area contributed by atoms with Crippen molar-refractivity contribution >= 4 is 35.0 Å². The number of hydrogen-bond acceptors (Lipinski definition) is 5. The van der Waals surface area contributed by atoms with Crippen molar-refractivity contribution in [1.29, 1.82) is 0 Å². The second-order valence-electron chi connectivity index (χ2n) is 5.10. The summed E-state index contributed by atoms with van der Waals surface area (Å²) >= 11 is 7.14. The third-order valence-corrected chi connectivity index (χ3v) is 4.67. The standard InChI is InChI=1S/C16H15ClN4O2S/c1-10-13(7-8-23-10)15-19-20-16(21(15)2)24-9-14(22)18-12-5-3-11(17)4-6-12/h3-8H,9H2,1-2H3,(H,18,22). The minimum atomic E-state index is -0.119. The molecule has 24 heavy (non-hydrogen) atoms. The number of carbonyl (C=O) groups is 1. The van der Waals surface area contributed by atoms with E-state index in [1.807, 2.05) is 24.6 Å². The van der Waals surface area contributed by atoms with Crippen LogP contribution in [0.15, 0.2) is 46.2 Å². The Kier molecular flexibility index (Phi) is 4.92. The molecule has 6 nitrogen and oxygen atoms in total. The molecule has 0 atom stereocenters. The van der Waals surface area contributed by atoms with E-state index < -0.39 is 0 Å². The van der Waals surface area contributed by atoms with Crippen LogP contribution in [-0.2, 0) is 11.8 Å². The minimum Gasteiger partial charge on any atom is -0.469 e. The van der Waals surface area contributed by atoms with Crippen molar-refractivity contribution in [3.63, 3.8) is 0 Å². The Hall–Kier alpha value is -2.25. The molecular weight excluding hydrogens is 348 g/mol. The van der Waals surface area contributed by atoms with Crippen LogP contribution in [0, 0.1) is 6.92 Å². The molecule has 2 aromatic heterocycles. The molecule has 0 saturated heterocycles. The molecular formula is C16H15ClN4O2S. The Morgan fingerprint density at radius 1 is 1.29 bits per heavy atom. The normalized spacial score (nSPS) is 10.8. The molecule has 0 fully saturated rings. The number of thioether (sulfide) groups is 1. The summed E-state index contributed by atoms with van der Waals surface area (Å²) in [4.78, 5) is 12.0. The van der Waals surface area contributed by atoms with Gasteiger partial charge in [-0.2, -0.15) is 0 Å². The molecule has 3 aromatic rings. The molecule has 1 amide bonds. The number of nitrogens with zero attached hydrogens (tertiary/aromatic N) is 3. The van der Waals surface area contributed by atoms with Gasteiger partial charge in [0.1, 0.15) is 5.76 Å². The lowest BCUT2D eigenvalue weighted by molar-refractivity contribution is -0.113. The molecule has 1 aromatic carbocycles. The Bertz CT molecular complexity index is 857. The first-order valence-electron chi connectivity index (χ1n) is 7.16. The third kappa shape index (κ3) is 3.63. The van der Waals surface area contributed by atoms with Gasteiger partial charge in [0, 0.05) is 17.8 Å². The predicted octanol–water partition coefficient (Wildman–Crippen LogP) is 3.77. The molecule has 124 valence electrons. The molecule has 0 unspecified atom stereocenters. The molecule has 0 aliphatic heterocycles. The second-order valence-corrected chi connectivity index (χ2v) is 6.48. The molecule has 3 rings (SSSR count). The van der Waals surface area contributed by atoms with Crippen molar-refractivity contribution in [2.45, 2.75) is 12.1 Å². The van der Waals surface area contributed by atoms with Gasteiger partial charge in [-0.25, -0.2) is 0 Å². The Morgan fingerprint density at radius 2 is 2.04 bits per heavy atom. The second kappa shape index (κ2) is 7.11. The highest BCUT2D eigenvalue weighted by Crippen LogP contribution is 2.25. The number of amides is 1. The van der Waals surface area contributed by atoms with Crippen LogP contribution >= 0.6 is 23.4 Å². The van der Waals surface area contributed by atoms with Gasteiger partial charge in [0.15, 0.2) is 11.0 Å². The van der Waals surface area contributed by atoms with Crippen molar-refractivity contribution in [2.24, 2.45) is 7.05 Å². The topological polar surface area (TPSA) is 72.9 Å². The van der Waals surface area contributed by atoms with Crippen LogP contribution < -0.4 is 5.32 Å². The van der Waals surface area contributed by atoms with Crippen molar-refractivity contribution < 1.29 is 9.21 Å². The lowest BCUT2D eigenvalue weighted by Gasteiger charge is -2.05. The van der Waals surface area contributed by atoms with Gasteiger partial charge in [-0.1, -0.05) is 23.4 Å². The Balaban J connectivity index is 1.63. The van der Waals surface area contributed by atoms with Gasteiger partial charge >= 0.3 is 0 Å². The van der Waals surface area contributed by atoms with Gasteiger partial charge in [0.2, 0.25) is 5.91 Å². The Labute approximate surface area is 148 Å². The minimum absolute atomic E-state index is 0.119. The summed E-state index contributed by atoms with van der Waals surface area (Å²) in [5.41, 5.74) is 1.60. The van der Waals surface area contributed by atoms with E-state index in [1.165, 1.54) is 11.8 Å². The summed E-state index contributed by atoms with van der Waals surface area (Å²) in [5, 5.41) is 12.4. The van der Waals surface area contributed by atoms with Crippen LogP contribution in [0.1, 0.15) is 5.76 Å². The summed E-state index contributed by atoms with van der Waals surface area (Å²) in [7, 11) is 1.86. The predicted molar refractivity (Wildman–Crippen MR) is 94.2 cm³/mol. The molecule has 0 spiro atoms. The van der Waals surface area contributed by atoms with Gasteiger partial charge in [-0.3, -0.25) is 4.79 Å². The van der Waals surface area contributed by atoms with E-state index in [2.05, 4.69) is 15.5 Å². The monoisotopic (exact) mass is 362 g/mol. The zero-order valence-corrected chi connectivity index (χ0v) is 14.7. The van der Waals surface area contributed by atoms with Crippen LogP contribution in [0.5, 0.6) is 0 Å². The summed E-state index contributed by atoms with van der Waals surface area (Å²) in [5.74, 6) is 1.61. The number of benzene rings is 1. The quantitative estimate of drug-likeness (QED) is 0.699. The highest BCUT2D eigenvalue weighted by molar-refractivity contribution is 7.99. The van der Waals surface area contributed by atoms with Gasteiger partial charge in [-0.15, -0.1) is 10.2 Å². The zero-order valence-electron chi connectivity index (χ0n) is 13.1. The van der Waals surface area contributed by atoms with Crippen LogP contribution in [0.4, 0.5) is 5.69 Å². The fourth-order valence-corrected chi connectivity index (χ4v) is 2.99. The third-order valence-electron chi connectivity index (χ3n) is 3.39. The highest BCUT2D eigenvalue weighted by Gasteiger charge is 2.15. The molecule has 0 saturated carbocycles. The van der Waals surface area contributed by atoms with E-state index in [0.717, 1.165) is 11.3 Å². The van der Waals surface area contributed by atoms with Gasteiger partial charge in [0.25, 0.3) is 0 Å². The number of furan rings is 1. The van der Waals surface area contributed by atoms with E-state index in [0.29, 0.717) is 21.7 Å². The lowest BCUT2D eigenvalue weighted by atomic mass is 10.2. The summed E-state index contributed by atoms with van der Waals surface area (Å²) < 4.78 is 7.14. The van der Waals surface area contributed by atoms with Gasteiger partial charge in [-0.05, 0) is 37.3 Å². The maximum atomic E-state index is 12.0. The maximum absolute atomic E-state index is 12.0. The number of aryl methyl sites for hydroxylation is 1. The molecule has 0 aliphatic rings. The largest absolute Gasteiger partial charge is 0.469 e. The Morgan fingerprint density at radius 3 is 2.71 bits per heavy atom. The fraction of sp³-hybridized carbons (Fsp3) is 0.188. The first-order chi connectivity index (χ1) is 11.5. The van der Waals surface area contributed by atoms with Gasteiger partial charge < -0.3 is 14.3 Å². The maximum Gasteiger partial charge on any atom is 0.234 e. The van der Waals surface area contributed by atoms with Crippen LogP contribution in [0.25, 0.3) is 11.4 Å². The summed E-state index contributed by atoms with van der Waals surface area (Å²) in [6.07, 6.45) is 1.62.